The number of phenolic OH excluding ortho intramolecular Hbond substituents is 2. The summed E-state index contributed by atoms with van der Waals surface area (Å²) in [7, 11) is 0. The number of halogens is 3. The summed E-state index contributed by atoms with van der Waals surface area (Å²) in [4.78, 5) is 12.2. The van der Waals surface area contributed by atoms with Crippen molar-refractivity contribution in [3.05, 3.63) is 45.4 Å². The number of nitrogens with one attached hydrogen (secondary N) is 2. The molecule has 4 N–H and O–H groups in total. The van der Waals surface area contributed by atoms with Crippen molar-refractivity contribution in [3.63, 3.8) is 0 Å². The highest BCUT2D eigenvalue weighted by molar-refractivity contribution is 6.37. The SMILES string of the molecule is C=Cc1c(Nc2cc(Cl)c(O)c(Cl)c2)cc(NC(=O)C#CC#CC#CC#CC#CC#CC#CC)c(O)c1Cl. The van der Waals surface area contributed by atoms with Gasteiger partial charge in [0.25, 0.3) is 0 Å². The molecule has 0 aliphatic rings. The Balaban J connectivity index is 2.17. The summed E-state index contributed by atoms with van der Waals surface area (Å²) in [6, 6.07) is 4.27. The second-order valence-corrected chi connectivity index (χ2v) is 7.69. The lowest BCUT2D eigenvalue weighted by Gasteiger charge is -2.16. The number of rotatable bonds is 4. The summed E-state index contributed by atoms with van der Waals surface area (Å²) in [5, 5.41) is 25.6. The van der Waals surface area contributed by atoms with Gasteiger partial charge in [-0.05, 0) is 96.2 Å². The maximum absolute atomic E-state index is 12.2. The van der Waals surface area contributed by atoms with Crippen LogP contribution >= 0.6 is 34.8 Å². The first kappa shape index (κ1) is 29.1. The van der Waals surface area contributed by atoms with Crippen LogP contribution in [0.15, 0.2) is 24.8 Å². The minimum Gasteiger partial charge on any atom is -0.505 e. The average molecular weight is 556 g/mol. The first-order valence-corrected chi connectivity index (χ1v) is 11.3. The molecule has 0 heterocycles. The van der Waals surface area contributed by atoms with Crippen molar-refractivity contribution in [2.24, 2.45) is 0 Å². The molecule has 2 aromatic rings. The maximum Gasteiger partial charge on any atom is 0.301 e. The van der Waals surface area contributed by atoms with Gasteiger partial charge in [0.15, 0.2) is 11.5 Å². The molecule has 0 spiro atoms. The summed E-state index contributed by atoms with van der Waals surface area (Å²) in [5.41, 5.74) is 1.06. The fraction of sp³-hybridized carbons (Fsp3) is 0.0333. The number of benzene rings is 2. The van der Waals surface area contributed by atoms with Crippen LogP contribution in [0, 0.1) is 82.9 Å². The molecule has 0 aliphatic heterocycles. The number of hydrogen-bond acceptors (Lipinski definition) is 4. The van der Waals surface area contributed by atoms with E-state index in [1.165, 1.54) is 24.3 Å². The summed E-state index contributed by atoms with van der Waals surface area (Å²) in [6.07, 6.45) is 1.41. The Morgan fingerprint density at radius 3 is 1.79 bits per heavy atom. The van der Waals surface area contributed by atoms with E-state index in [9.17, 15) is 15.0 Å². The highest BCUT2D eigenvalue weighted by Crippen LogP contribution is 2.42. The molecule has 0 radical (unpaired) electrons. The normalized spacial score (nSPS) is 8.00. The molecule has 0 fully saturated rings. The molecule has 5 nitrogen and oxygen atoms in total. The molecule has 0 aromatic heterocycles. The number of aromatic hydroxyl groups is 2. The van der Waals surface area contributed by atoms with Crippen LogP contribution in [0.5, 0.6) is 11.5 Å². The molecule has 0 atom stereocenters. The number of amides is 1. The molecule has 2 rings (SSSR count). The number of carbonyl (C=O) groups is 1. The van der Waals surface area contributed by atoms with Crippen molar-refractivity contribution >= 4 is 63.8 Å². The van der Waals surface area contributed by atoms with Gasteiger partial charge in [0.1, 0.15) is 0 Å². The molecule has 8 heteroatoms. The lowest BCUT2D eigenvalue weighted by Crippen LogP contribution is -2.09. The van der Waals surface area contributed by atoms with Crippen LogP contribution in [0.4, 0.5) is 17.1 Å². The molecule has 0 saturated carbocycles. The topological polar surface area (TPSA) is 81.6 Å². The van der Waals surface area contributed by atoms with Gasteiger partial charge in [0.2, 0.25) is 0 Å². The molecule has 0 bridgehead atoms. The monoisotopic (exact) mass is 554 g/mol. The van der Waals surface area contributed by atoms with Crippen LogP contribution in [-0.2, 0) is 4.79 Å². The molecular formula is C30H13Cl3N2O3. The van der Waals surface area contributed by atoms with Crippen molar-refractivity contribution in [1.82, 2.24) is 0 Å². The van der Waals surface area contributed by atoms with Gasteiger partial charge in [-0.1, -0.05) is 53.4 Å². The van der Waals surface area contributed by atoms with E-state index >= 15 is 0 Å². The fourth-order valence-corrected chi connectivity index (χ4v) is 3.23. The van der Waals surface area contributed by atoms with Crippen LogP contribution in [0.3, 0.4) is 0 Å². The maximum atomic E-state index is 12.2. The van der Waals surface area contributed by atoms with Gasteiger partial charge in [-0.15, -0.1) is 0 Å². The second kappa shape index (κ2) is 15.1. The molecule has 1 amide bonds. The first-order valence-electron chi connectivity index (χ1n) is 10.1. The van der Waals surface area contributed by atoms with Gasteiger partial charge in [-0.2, -0.15) is 0 Å². The zero-order valence-corrected chi connectivity index (χ0v) is 21.7. The van der Waals surface area contributed by atoms with Gasteiger partial charge >= 0.3 is 5.91 Å². The molecule has 182 valence electrons. The van der Waals surface area contributed by atoms with Crippen LogP contribution in [-0.4, -0.2) is 16.1 Å². The minimum atomic E-state index is -0.768. The van der Waals surface area contributed by atoms with Gasteiger partial charge in [0.05, 0.1) is 20.8 Å². The Morgan fingerprint density at radius 2 is 1.29 bits per heavy atom. The zero-order valence-electron chi connectivity index (χ0n) is 19.5. The van der Waals surface area contributed by atoms with Crippen LogP contribution in [0.1, 0.15) is 12.5 Å². The third kappa shape index (κ3) is 8.81. The molecule has 0 unspecified atom stereocenters. The number of hydrogen-bond donors (Lipinski definition) is 4. The third-order valence-electron chi connectivity index (χ3n) is 4.02. The number of anilines is 3. The summed E-state index contributed by atoms with van der Waals surface area (Å²) in [5.74, 6) is 32.9. The average Bonchev–Trinajstić information content (AvgIpc) is 2.88. The van der Waals surface area contributed by atoms with Crippen molar-refractivity contribution < 1.29 is 15.0 Å². The quantitative estimate of drug-likeness (QED) is 0.231. The number of carbonyl (C=O) groups excluding carboxylic acids is 1. The third-order valence-corrected chi connectivity index (χ3v) is 4.97. The lowest BCUT2D eigenvalue weighted by atomic mass is 10.1. The highest BCUT2D eigenvalue weighted by atomic mass is 35.5. The minimum absolute atomic E-state index is 0.0173. The van der Waals surface area contributed by atoms with E-state index in [1.807, 2.05) is 0 Å². The van der Waals surface area contributed by atoms with E-state index < -0.39 is 11.7 Å². The van der Waals surface area contributed by atoms with Crippen molar-refractivity contribution in [2.75, 3.05) is 10.6 Å². The predicted octanol–water partition coefficient (Wildman–Crippen LogP) is 5.43. The van der Waals surface area contributed by atoms with E-state index in [2.05, 4.69) is 100 Å². The van der Waals surface area contributed by atoms with Crippen LogP contribution in [0.2, 0.25) is 15.1 Å². The Hall–Kier alpha value is -5.16. The Morgan fingerprint density at radius 1 is 0.789 bits per heavy atom. The van der Waals surface area contributed by atoms with E-state index in [1.54, 1.807) is 6.92 Å². The zero-order chi connectivity index (χ0) is 27.9. The summed E-state index contributed by atoms with van der Waals surface area (Å²) >= 11 is 18.2. The van der Waals surface area contributed by atoms with Crippen LogP contribution < -0.4 is 10.6 Å². The van der Waals surface area contributed by atoms with E-state index in [4.69, 9.17) is 34.8 Å². The van der Waals surface area contributed by atoms with Crippen LogP contribution in [0.25, 0.3) is 6.08 Å². The van der Waals surface area contributed by atoms with Gasteiger partial charge in [-0.25, -0.2) is 0 Å². The molecular weight excluding hydrogens is 543 g/mol. The number of phenols is 2. The largest absolute Gasteiger partial charge is 0.505 e. The molecule has 38 heavy (non-hydrogen) atoms. The standard InChI is InChI=1S/C30H13Cl3N2O3/c1-3-5-6-7-8-9-10-11-12-13-14-15-16-17-27(36)35-26-20-25(22(4-2)28(33)30(26)38)34-21-18-23(31)29(37)24(32)19-21/h4,18-20,34,37-38H,2H2,1H3,(H,35,36). The van der Waals surface area contributed by atoms with Crippen molar-refractivity contribution in [1.29, 1.82) is 0 Å². The van der Waals surface area contributed by atoms with Gasteiger partial charge < -0.3 is 20.8 Å². The lowest BCUT2D eigenvalue weighted by molar-refractivity contribution is -0.111. The predicted molar refractivity (Wildman–Crippen MR) is 153 cm³/mol. The Bertz CT molecular complexity index is 1740. The molecule has 2 aromatic carbocycles. The smallest absolute Gasteiger partial charge is 0.301 e. The molecule has 0 saturated heterocycles. The Labute approximate surface area is 235 Å². The summed E-state index contributed by atoms with van der Waals surface area (Å²) in [6.45, 7) is 5.35. The molecule has 0 aliphatic carbocycles. The van der Waals surface area contributed by atoms with E-state index in [0.717, 1.165) is 0 Å². The Kier molecular flexibility index (Phi) is 11.5. The van der Waals surface area contributed by atoms with Gasteiger partial charge in [-0.3, -0.25) is 4.79 Å². The van der Waals surface area contributed by atoms with Crippen molar-refractivity contribution in [2.45, 2.75) is 6.92 Å². The van der Waals surface area contributed by atoms with E-state index in [-0.39, 0.29) is 26.5 Å². The summed E-state index contributed by atoms with van der Waals surface area (Å²) < 4.78 is 0. The highest BCUT2D eigenvalue weighted by Gasteiger charge is 2.17. The van der Waals surface area contributed by atoms with E-state index in [0.29, 0.717) is 16.9 Å². The first-order chi connectivity index (χ1) is 18.3. The fourth-order valence-electron chi connectivity index (χ4n) is 2.46. The van der Waals surface area contributed by atoms with Crippen molar-refractivity contribution in [3.8, 4) is 94.4 Å². The second-order valence-electron chi connectivity index (χ2n) is 6.49. The van der Waals surface area contributed by atoms with Gasteiger partial charge in [0, 0.05) is 22.9 Å².